The normalized spacial score (nSPS) is 11.8. The summed E-state index contributed by atoms with van der Waals surface area (Å²) in [5, 5.41) is 1.12. The summed E-state index contributed by atoms with van der Waals surface area (Å²) in [6.45, 7) is 0. The predicted octanol–water partition coefficient (Wildman–Crippen LogP) is 5.07. The van der Waals surface area contributed by atoms with Gasteiger partial charge >= 0.3 is 6.18 Å². The predicted molar refractivity (Wildman–Crippen MR) is 78.2 cm³/mol. The number of hydrogen-bond acceptors (Lipinski definition) is 1. The molecule has 0 fully saturated rings. The Morgan fingerprint density at radius 2 is 1.73 bits per heavy atom. The van der Waals surface area contributed by atoms with Gasteiger partial charge in [-0.1, -0.05) is 23.7 Å². The maximum Gasteiger partial charge on any atom is 0.416 e. The van der Waals surface area contributed by atoms with E-state index < -0.39 is 11.7 Å². The topological polar surface area (TPSA) is 32.9 Å². The van der Waals surface area contributed by atoms with E-state index in [1.165, 1.54) is 18.3 Å². The van der Waals surface area contributed by atoms with Gasteiger partial charge in [0.15, 0.2) is 5.78 Å². The van der Waals surface area contributed by atoms with E-state index in [1.807, 2.05) is 0 Å². The number of nitrogens with one attached hydrogen (secondary N) is 1. The quantitative estimate of drug-likeness (QED) is 0.656. The van der Waals surface area contributed by atoms with E-state index in [-0.39, 0.29) is 11.3 Å². The van der Waals surface area contributed by atoms with Gasteiger partial charge in [0.25, 0.3) is 0 Å². The average molecular weight is 324 g/mol. The van der Waals surface area contributed by atoms with Crippen molar-refractivity contribution in [3.8, 4) is 0 Å². The van der Waals surface area contributed by atoms with Gasteiger partial charge in [0, 0.05) is 33.2 Å². The Bertz CT molecular complexity index is 850. The van der Waals surface area contributed by atoms with Gasteiger partial charge in [0.05, 0.1) is 5.56 Å². The van der Waals surface area contributed by atoms with Crippen molar-refractivity contribution < 1.29 is 18.0 Å². The minimum atomic E-state index is -4.42. The molecule has 0 atom stereocenters. The van der Waals surface area contributed by atoms with Crippen LogP contribution in [0.25, 0.3) is 10.9 Å². The average Bonchev–Trinajstić information content (AvgIpc) is 2.88. The number of carbonyl (C=O) groups is 1. The molecule has 2 nitrogen and oxygen atoms in total. The van der Waals surface area contributed by atoms with Gasteiger partial charge in [-0.2, -0.15) is 13.2 Å². The van der Waals surface area contributed by atoms with Crippen LogP contribution >= 0.6 is 11.6 Å². The molecule has 1 N–H and O–H groups in total. The van der Waals surface area contributed by atoms with Crippen LogP contribution in [0.1, 0.15) is 21.5 Å². The first-order chi connectivity index (χ1) is 10.4. The lowest BCUT2D eigenvalue weighted by Gasteiger charge is -2.07. The summed E-state index contributed by atoms with van der Waals surface area (Å²) in [6, 6.07) is 9.21. The number of H-pyrrole nitrogens is 1. The number of ketones is 1. The summed E-state index contributed by atoms with van der Waals surface area (Å²) >= 11 is 5.92. The van der Waals surface area contributed by atoms with E-state index in [4.69, 9.17) is 11.6 Å². The van der Waals surface area contributed by atoms with Crippen molar-refractivity contribution in [1.82, 2.24) is 4.98 Å². The number of fused-ring (bicyclic) bond motifs is 1. The van der Waals surface area contributed by atoms with Crippen LogP contribution in [0.3, 0.4) is 0 Å². The Morgan fingerprint density at radius 3 is 2.36 bits per heavy atom. The van der Waals surface area contributed by atoms with Crippen molar-refractivity contribution in [3.05, 3.63) is 70.4 Å². The molecule has 22 heavy (non-hydrogen) atoms. The molecule has 1 heterocycles. The van der Waals surface area contributed by atoms with Crippen molar-refractivity contribution in [1.29, 1.82) is 0 Å². The lowest BCUT2D eigenvalue weighted by atomic mass is 10.0. The van der Waals surface area contributed by atoms with Crippen molar-refractivity contribution in [2.24, 2.45) is 0 Å². The number of benzene rings is 2. The first-order valence-corrected chi connectivity index (χ1v) is 6.72. The Kier molecular flexibility index (Phi) is 3.45. The van der Waals surface area contributed by atoms with E-state index >= 15 is 0 Å². The van der Waals surface area contributed by atoms with Crippen molar-refractivity contribution in [2.75, 3.05) is 0 Å². The lowest BCUT2D eigenvalue weighted by Crippen LogP contribution is -2.06. The molecule has 1 aromatic heterocycles. The molecular weight excluding hydrogens is 315 g/mol. The maximum absolute atomic E-state index is 12.5. The molecule has 0 aliphatic rings. The van der Waals surface area contributed by atoms with E-state index in [0.717, 1.165) is 17.6 Å². The molecule has 3 aromatic rings. The third-order valence-corrected chi connectivity index (χ3v) is 3.60. The van der Waals surface area contributed by atoms with Crippen LogP contribution < -0.4 is 0 Å². The fraction of sp³-hybridized carbons (Fsp3) is 0.0625. The van der Waals surface area contributed by atoms with Crippen LogP contribution in [-0.4, -0.2) is 10.8 Å². The number of halogens is 4. The minimum absolute atomic E-state index is 0.189. The fourth-order valence-corrected chi connectivity index (χ4v) is 2.42. The standard InChI is InChI=1S/C16H9ClF3NO/c17-11-5-6-14-12(7-11)13(8-21-14)15(22)9-1-3-10(4-2-9)16(18,19)20/h1-8,21H. The molecule has 0 spiro atoms. The van der Waals surface area contributed by atoms with Gasteiger partial charge in [-0.05, 0) is 30.3 Å². The molecule has 0 amide bonds. The second kappa shape index (κ2) is 5.18. The number of rotatable bonds is 2. The molecular formula is C16H9ClF3NO. The molecule has 0 aliphatic heterocycles. The monoisotopic (exact) mass is 323 g/mol. The van der Waals surface area contributed by atoms with Gasteiger partial charge in [-0.25, -0.2) is 0 Å². The summed E-state index contributed by atoms with van der Waals surface area (Å²) in [6.07, 6.45) is -2.89. The molecule has 0 saturated carbocycles. The molecule has 6 heteroatoms. The first kappa shape index (κ1) is 14.7. The van der Waals surface area contributed by atoms with Gasteiger partial charge in [0.2, 0.25) is 0 Å². The summed E-state index contributed by atoms with van der Waals surface area (Å²) in [4.78, 5) is 15.4. The van der Waals surface area contributed by atoms with Crippen molar-refractivity contribution >= 4 is 28.3 Å². The SMILES string of the molecule is O=C(c1ccc(C(F)(F)F)cc1)c1c[nH]c2ccc(Cl)cc12. The molecule has 2 aromatic carbocycles. The molecule has 0 bridgehead atoms. The van der Waals surface area contributed by atoms with Crippen LogP contribution in [0.5, 0.6) is 0 Å². The summed E-state index contributed by atoms with van der Waals surface area (Å²) in [5.41, 5.74) is 0.511. The van der Waals surface area contributed by atoms with Crippen molar-refractivity contribution in [3.63, 3.8) is 0 Å². The third-order valence-electron chi connectivity index (χ3n) is 3.36. The Morgan fingerprint density at radius 1 is 1.05 bits per heavy atom. The molecule has 0 unspecified atom stereocenters. The van der Waals surface area contributed by atoms with Crippen LogP contribution in [0.2, 0.25) is 5.02 Å². The van der Waals surface area contributed by atoms with Crippen molar-refractivity contribution in [2.45, 2.75) is 6.18 Å². The van der Waals surface area contributed by atoms with Gasteiger partial charge < -0.3 is 4.98 Å². The van der Waals surface area contributed by atoms with E-state index in [0.29, 0.717) is 16.0 Å². The van der Waals surface area contributed by atoms with Gasteiger partial charge in [-0.15, -0.1) is 0 Å². The number of aromatic amines is 1. The van der Waals surface area contributed by atoms with Crippen LogP contribution in [0.4, 0.5) is 13.2 Å². The van der Waals surface area contributed by atoms with Crippen LogP contribution in [-0.2, 0) is 6.18 Å². The number of hydrogen-bond donors (Lipinski definition) is 1. The highest BCUT2D eigenvalue weighted by atomic mass is 35.5. The van der Waals surface area contributed by atoms with Gasteiger partial charge in [0.1, 0.15) is 0 Å². The van der Waals surface area contributed by atoms with Gasteiger partial charge in [-0.3, -0.25) is 4.79 Å². The molecule has 112 valence electrons. The smallest absolute Gasteiger partial charge is 0.360 e. The zero-order valence-corrected chi connectivity index (χ0v) is 11.8. The molecule has 0 radical (unpaired) electrons. The first-order valence-electron chi connectivity index (χ1n) is 6.35. The van der Waals surface area contributed by atoms with Crippen LogP contribution in [0, 0.1) is 0 Å². The third kappa shape index (κ3) is 2.60. The highest BCUT2D eigenvalue weighted by molar-refractivity contribution is 6.31. The Labute approximate surface area is 128 Å². The molecule has 0 saturated heterocycles. The van der Waals surface area contributed by atoms with E-state index in [1.54, 1.807) is 18.2 Å². The number of alkyl halides is 3. The zero-order valence-electron chi connectivity index (χ0n) is 11.0. The Hall–Kier alpha value is -2.27. The van der Waals surface area contributed by atoms with E-state index in [2.05, 4.69) is 4.98 Å². The summed E-state index contributed by atoms with van der Waals surface area (Å²) in [7, 11) is 0. The lowest BCUT2D eigenvalue weighted by molar-refractivity contribution is -0.137. The maximum atomic E-state index is 12.5. The Balaban J connectivity index is 2.01. The number of aromatic nitrogens is 1. The highest BCUT2D eigenvalue weighted by Crippen LogP contribution is 2.30. The summed E-state index contributed by atoms with van der Waals surface area (Å²) < 4.78 is 37.6. The number of carbonyl (C=O) groups excluding carboxylic acids is 1. The molecule has 3 rings (SSSR count). The zero-order chi connectivity index (χ0) is 15.9. The van der Waals surface area contributed by atoms with E-state index in [9.17, 15) is 18.0 Å². The minimum Gasteiger partial charge on any atom is -0.360 e. The fourth-order valence-electron chi connectivity index (χ4n) is 2.25. The summed E-state index contributed by atoms with van der Waals surface area (Å²) in [5.74, 6) is -0.359. The van der Waals surface area contributed by atoms with Crippen LogP contribution in [0.15, 0.2) is 48.7 Å². The second-order valence-electron chi connectivity index (χ2n) is 4.80. The second-order valence-corrected chi connectivity index (χ2v) is 5.23. The molecule has 0 aliphatic carbocycles. The highest BCUT2D eigenvalue weighted by Gasteiger charge is 2.30. The largest absolute Gasteiger partial charge is 0.416 e.